The number of alkyl halides is 4. The lowest BCUT2D eigenvalue weighted by Gasteiger charge is -2.35. The van der Waals surface area contributed by atoms with Crippen molar-refractivity contribution in [2.75, 3.05) is 18.9 Å². The van der Waals surface area contributed by atoms with Gasteiger partial charge in [-0.2, -0.15) is 13.2 Å². The van der Waals surface area contributed by atoms with Crippen LogP contribution in [0.15, 0.2) is 65.2 Å². The molecule has 0 radical (unpaired) electrons. The summed E-state index contributed by atoms with van der Waals surface area (Å²) in [4.78, 5) is 6.19. The monoisotopic (exact) mass is 635 g/mol. The molecule has 1 saturated heterocycles. The summed E-state index contributed by atoms with van der Waals surface area (Å²) >= 11 is 2.94. The molecule has 2 aliphatic rings. The molecule has 3 aromatic rings. The first-order valence-corrected chi connectivity index (χ1v) is 16.5. The molecular formula is C33H43BrF3N2O2+. The van der Waals surface area contributed by atoms with Crippen LogP contribution < -0.4 is 4.90 Å². The summed E-state index contributed by atoms with van der Waals surface area (Å²) in [6.45, 7) is 5.15. The fourth-order valence-electron chi connectivity index (χ4n) is 6.48. The van der Waals surface area contributed by atoms with Crippen molar-refractivity contribution in [2.45, 2.75) is 83.2 Å². The molecule has 41 heavy (non-hydrogen) atoms. The molecule has 1 aliphatic heterocycles. The fraction of sp³-hybridized carbons (Fsp3) is 0.545. The minimum atomic E-state index is -4.32. The Bertz CT molecular complexity index is 1160. The van der Waals surface area contributed by atoms with Crippen molar-refractivity contribution in [2.24, 2.45) is 11.8 Å². The molecule has 224 valence electrons. The fourth-order valence-corrected chi connectivity index (χ4v) is 6.48. The van der Waals surface area contributed by atoms with E-state index in [1.807, 2.05) is 12.0 Å². The van der Waals surface area contributed by atoms with Crippen LogP contribution >= 0.6 is 15.9 Å². The van der Waals surface area contributed by atoms with Crippen molar-refractivity contribution >= 4 is 15.9 Å². The number of quaternary nitrogens is 1. The molecule has 1 aromatic heterocycles. The molecule has 2 fully saturated rings. The van der Waals surface area contributed by atoms with E-state index in [9.17, 15) is 13.2 Å². The molecule has 1 aliphatic carbocycles. The number of hydrogen-bond acceptors (Lipinski definition) is 3. The molecule has 4 nitrogen and oxygen atoms in total. The second-order valence-corrected chi connectivity index (χ2v) is 11.3. The van der Waals surface area contributed by atoms with Crippen LogP contribution in [-0.4, -0.2) is 30.0 Å². The lowest BCUT2D eigenvalue weighted by molar-refractivity contribution is -0.924. The number of ether oxygens (including phenoxy) is 1. The first kappa shape index (κ1) is 31.8. The number of benzene rings is 2. The SMILES string of the molecule is CBr.CCC1CC[NH+](Cc2cnc(C(c3ccccc3)C3CCCCC3)o2)CC1OCc1ccc(C(F)(F)F)cc1. The van der Waals surface area contributed by atoms with Gasteiger partial charge in [-0.3, -0.25) is 0 Å². The summed E-state index contributed by atoms with van der Waals surface area (Å²) in [5.74, 6) is 4.76. The zero-order chi connectivity index (χ0) is 29.2. The number of piperidine rings is 1. The minimum absolute atomic E-state index is 0.0581. The first-order valence-electron chi connectivity index (χ1n) is 14.9. The number of halogens is 4. The van der Waals surface area contributed by atoms with Crippen LogP contribution in [0.5, 0.6) is 0 Å². The van der Waals surface area contributed by atoms with E-state index >= 15 is 0 Å². The lowest BCUT2D eigenvalue weighted by Crippen LogP contribution is -3.13. The average Bonchev–Trinajstić information content (AvgIpc) is 3.46. The largest absolute Gasteiger partial charge is 0.439 e. The van der Waals surface area contributed by atoms with Gasteiger partial charge in [0, 0.05) is 6.42 Å². The molecule has 0 amide bonds. The van der Waals surface area contributed by atoms with Gasteiger partial charge in [-0.25, -0.2) is 4.98 Å². The second kappa shape index (κ2) is 15.4. The van der Waals surface area contributed by atoms with E-state index in [4.69, 9.17) is 14.1 Å². The number of aromatic nitrogens is 1. The van der Waals surface area contributed by atoms with Crippen LogP contribution in [0.2, 0.25) is 0 Å². The molecule has 0 spiro atoms. The molecule has 5 rings (SSSR count). The molecule has 2 heterocycles. The van der Waals surface area contributed by atoms with Gasteiger partial charge in [-0.15, -0.1) is 0 Å². The smallest absolute Gasteiger partial charge is 0.416 e. The molecule has 1 saturated carbocycles. The van der Waals surface area contributed by atoms with Crippen molar-refractivity contribution in [3.63, 3.8) is 0 Å². The number of oxazole rings is 1. The molecule has 8 heteroatoms. The van der Waals surface area contributed by atoms with Crippen LogP contribution in [0, 0.1) is 11.8 Å². The summed E-state index contributed by atoms with van der Waals surface area (Å²) in [5.41, 5.74) is 1.42. The quantitative estimate of drug-likeness (QED) is 0.244. The molecule has 4 atom stereocenters. The van der Waals surface area contributed by atoms with E-state index in [1.54, 1.807) is 0 Å². The van der Waals surface area contributed by atoms with Crippen molar-refractivity contribution in [3.8, 4) is 0 Å². The molecular weight excluding hydrogens is 593 g/mol. The summed E-state index contributed by atoms with van der Waals surface area (Å²) in [5, 5.41) is 0. The van der Waals surface area contributed by atoms with Crippen molar-refractivity contribution in [1.82, 2.24) is 4.98 Å². The summed E-state index contributed by atoms with van der Waals surface area (Å²) in [7, 11) is 0. The maximum absolute atomic E-state index is 12.9. The van der Waals surface area contributed by atoms with Gasteiger partial charge in [0.1, 0.15) is 19.2 Å². The highest BCUT2D eigenvalue weighted by molar-refractivity contribution is 9.08. The van der Waals surface area contributed by atoms with Gasteiger partial charge in [0.05, 0.1) is 30.8 Å². The highest BCUT2D eigenvalue weighted by Crippen LogP contribution is 2.40. The van der Waals surface area contributed by atoms with Crippen LogP contribution in [-0.2, 0) is 24.1 Å². The zero-order valence-corrected chi connectivity index (χ0v) is 25.7. The predicted octanol–water partition coefficient (Wildman–Crippen LogP) is 7.82. The van der Waals surface area contributed by atoms with Crippen LogP contribution in [0.1, 0.15) is 86.1 Å². The Morgan fingerprint density at radius 1 is 1.00 bits per heavy atom. The van der Waals surface area contributed by atoms with Crippen molar-refractivity contribution in [3.05, 3.63) is 89.1 Å². The van der Waals surface area contributed by atoms with Gasteiger partial charge in [0.25, 0.3) is 0 Å². The van der Waals surface area contributed by atoms with E-state index in [0.29, 0.717) is 18.4 Å². The Hall–Kier alpha value is -2.16. The van der Waals surface area contributed by atoms with Crippen LogP contribution in [0.4, 0.5) is 13.2 Å². The van der Waals surface area contributed by atoms with Crippen molar-refractivity contribution < 1.29 is 27.2 Å². The number of nitrogens with one attached hydrogen (secondary N) is 1. The van der Waals surface area contributed by atoms with Gasteiger partial charge in [-0.05, 0) is 53.8 Å². The highest BCUT2D eigenvalue weighted by Gasteiger charge is 2.34. The first-order chi connectivity index (χ1) is 19.9. The van der Waals surface area contributed by atoms with E-state index in [2.05, 4.69) is 53.2 Å². The second-order valence-electron chi connectivity index (χ2n) is 11.3. The molecule has 4 unspecified atom stereocenters. The molecule has 2 aromatic carbocycles. The minimum Gasteiger partial charge on any atom is -0.439 e. The van der Waals surface area contributed by atoms with Gasteiger partial charge >= 0.3 is 6.18 Å². The Morgan fingerprint density at radius 2 is 1.71 bits per heavy atom. The van der Waals surface area contributed by atoms with Gasteiger partial charge in [-0.1, -0.05) is 91.0 Å². The Kier molecular flexibility index (Phi) is 11.9. The van der Waals surface area contributed by atoms with Crippen molar-refractivity contribution in [1.29, 1.82) is 0 Å². The predicted molar refractivity (Wildman–Crippen MR) is 159 cm³/mol. The summed E-state index contributed by atoms with van der Waals surface area (Å²) < 4.78 is 51.4. The third-order valence-electron chi connectivity index (χ3n) is 8.70. The van der Waals surface area contributed by atoms with E-state index in [0.717, 1.165) is 61.8 Å². The van der Waals surface area contributed by atoms with Gasteiger partial charge in [0.2, 0.25) is 5.89 Å². The van der Waals surface area contributed by atoms with Crippen LogP contribution in [0.3, 0.4) is 0 Å². The number of likely N-dealkylation sites (tertiary alicyclic amines) is 1. The lowest BCUT2D eigenvalue weighted by atomic mass is 9.77. The summed E-state index contributed by atoms with van der Waals surface area (Å²) in [6, 6.07) is 15.9. The number of hydrogen-bond donors (Lipinski definition) is 1. The van der Waals surface area contributed by atoms with E-state index in [-0.39, 0.29) is 12.0 Å². The zero-order valence-electron chi connectivity index (χ0n) is 24.1. The Morgan fingerprint density at radius 3 is 2.37 bits per heavy atom. The summed E-state index contributed by atoms with van der Waals surface area (Å²) in [6.07, 6.45) is 6.00. The number of nitrogens with zero attached hydrogens (tertiary/aromatic N) is 1. The third-order valence-corrected chi connectivity index (χ3v) is 8.70. The Balaban J connectivity index is 0.00000189. The maximum atomic E-state index is 12.9. The van der Waals surface area contributed by atoms with Crippen LogP contribution in [0.25, 0.3) is 0 Å². The molecule has 0 bridgehead atoms. The Labute approximate surface area is 250 Å². The number of rotatable bonds is 9. The third kappa shape index (κ3) is 8.68. The maximum Gasteiger partial charge on any atom is 0.416 e. The standard InChI is InChI=1S/C32H39F3N2O2.CH3Br/c1-2-24-17-18-37(21-29(24)38-22-23-13-15-27(16-14-23)32(33,34)35)20-28-19-36-31(39-28)30(25-9-5-3-6-10-25)26-11-7-4-8-12-26;1-2/h3,5-6,9-10,13-16,19,24,26,29-30H,2,4,7-8,11-12,17-18,20-22H2,1H3;1H3/p+1. The van der Waals surface area contributed by atoms with E-state index in [1.165, 1.54) is 54.7 Å². The van der Waals surface area contributed by atoms with Gasteiger partial charge in [0.15, 0.2) is 5.76 Å². The highest BCUT2D eigenvalue weighted by atomic mass is 79.9. The average molecular weight is 637 g/mol. The van der Waals surface area contributed by atoms with E-state index < -0.39 is 11.7 Å². The molecule has 1 N–H and O–H groups in total. The van der Waals surface area contributed by atoms with Gasteiger partial charge < -0.3 is 14.1 Å². The topological polar surface area (TPSA) is 39.7 Å². The normalized spacial score (nSPS) is 22.5.